The summed E-state index contributed by atoms with van der Waals surface area (Å²) in [6.07, 6.45) is -0.388. The highest BCUT2D eigenvalue weighted by Crippen LogP contribution is 2.21. The lowest BCUT2D eigenvalue weighted by Crippen LogP contribution is -2.20. The standard InChI is InChI=1S/C14H21N3O2S.C4H6O4/c1-15-20(18,19)10-11-4-5-14-13(8-11)12(9-16-14)6-7-17(2)3;5-3(6)1-2-4(7)8/h4-5,8-9,15-16H,6-7,10H2,1-3H3;1-2H2,(H,5,6)(H,7,8)/i4D,5D,9D,10D2;/hD. The summed E-state index contributed by atoms with van der Waals surface area (Å²) in [7, 11) is 0.318. The smallest absolute Gasteiger partial charge is 0.303 e. The average molecular weight is 420 g/mol. The minimum absolute atomic E-state index is 0.00448. The van der Waals surface area contributed by atoms with E-state index < -0.39 is 45.3 Å². The van der Waals surface area contributed by atoms with Crippen LogP contribution in [0, 0.1) is 0 Å². The minimum atomic E-state index is -4.43. The lowest BCUT2D eigenvalue weighted by Gasteiger charge is -2.08. The number of H-pyrrole nitrogens is 1. The number of nitrogens with one attached hydrogen (secondary N) is 2. The van der Waals surface area contributed by atoms with E-state index in [1.165, 1.54) is 6.07 Å². The molecule has 0 aliphatic heterocycles. The monoisotopic (exact) mass is 419 g/mol. The largest absolute Gasteiger partial charge is 0.481 e. The second-order valence-electron chi connectivity index (χ2n) is 5.92. The van der Waals surface area contributed by atoms with Crippen molar-refractivity contribution in [2.24, 2.45) is 0 Å². The SMILES string of the molecule is O=C(O)CCC(=O)O.[2H]c1c(C([2H])([2H])S(=O)(=O)NC)cc2c(CCN(C)C)c([2H])n([2H])c2c1[2H]. The third-order valence-electron chi connectivity index (χ3n) is 3.36. The minimum Gasteiger partial charge on any atom is -0.481 e. The Labute approximate surface area is 172 Å². The number of hydrogen-bond donors (Lipinski definition) is 4. The van der Waals surface area contributed by atoms with E-state index in [1.54, 1.807) is 0 Å². The number of fused-ring (bicyclic) bond motifs is 1. The van der Waals surface area contributed by atoms with Crippen molar-refractivity contribution in [1.82, 2.24) is 14.6 Å². The predicted molar refractivity (Wildman–Crippen MR) is 107 cm³/mol. The molecule has 0 saturated heterocycles. The van der Waals surface area contributed by atoms with Crippen LogP contribution in [0.4, 0.5) is 0 Å². The summed E-state index contributed by atoms with van der Waals surface area (Å²) in [5, 5.41) is 16.0. The fourth-order valence-electron chi connectivity index (χ4n) is 1.94. The van der Waals surface area contributed by atoms with Gasteiger partial charge in [-0.3, -0.25) is 9.59 Å². The first kappa shape index (κ1) is 15.5. The maximum Gasteiger partial charge on any atom is 0.303 e. The number of carboxylic acid groups (broad SMARTS) is 2. The van der Waals surface area contributed by atoms with Gasteiger partial charge in [-0.05, 0) is 50.8 Å². The lowest BCUT2D eigenvalue weighted by molar-refractivity contribution is -0.143. The van der Waals surface area contributed by atoms with Crippen LogP contribution in [0.1, 0.15) is 30.8 Å². The molecule has 0 aliphatic carbocycles. The van der Waals surface area contributed by atoms with Gasteiger partial charge in [0.25, 0.3) is 0 Å². The van der Waals surface area contributed by atoms with E-state index in [9.17, 15) is 18.0 Å². The van der Waals surface area contributed by atoms with E-state index in [2.05, 4.69) is 0 Å². The number of carboxylic acids is 2. The fourth-order valence-corrected chi connectivity index (χ4v) is 2.44. The molecule has 0 radical (unpaired) electrons. The van der Waals surface area contributed by atoms with Gasteiger partial charge in [0, 0.05) is 26.4 Å². The van der Waals surface area contributed by atoms with Gasteiger partial charge in [-0.1, -0.05) is 6.04 Å². The molecule has 2 aromatic rings. The van der Waals surface area contributed by atoms with Crippen molar-refractivity contribution in [3.8, 4) is 0 Å². The molecule has 0 bridgehead atoms. The molecule has 1 aromatic carbocycles. The Balaban J connectivity index is 0.000000620. The first-order valence-electron chi connectivity index (χ1n) is 11.1. The summed E-state index contributed by atoms with van der Waals surface area (Å²) in [5.74, 6) is -2.15. The maximum absolute atomic E-state index is 12.1. The van der Waals surface area contributed by atoms with E-state index >= 15 is 0 Å². The van der Waals surface area contributed by atoms with Crippen LogP contribution >= 0.6 is 0 Å². The quantitative estimate of drug-likeness (QED) is 0.480. The summed E-state index contributed by atoms with van der Waals surface area (Å²) in [6, 6.07) is 0.0809. The Bertz CT molecular complexity index is 1170. The summed E-state index contributed by atoms with van der Waals surface area (Å²) in [5.41, 5.74) is -3.01. The van der Waals surface area contributed by atoms with Crippen LogP contribution in [0.15, 0.2) is 24.3 Å². The molecule has 0 atom stereocenters. The van der Waals surface area contributed by atoms with Crippen molar-refractivity contribution in [3.05, 3.63) is 35.5 Å². The summed E-state index contributed by atoms with van der Waals surface area (Å²) >= 11 is 0. The molecule has 9 nitrogen and oxygen atoms in total. The van der Waals surface area contributed by atoms with Crippen molar-refractivity contribution in [2.75, 3.05) is 27.7 Å². The van der Waals surface area contributed by atoms with E-state index in [4.69, 9.17) is 18.5 Å². The number of aromatic nitrogens is 1. The van der Waals surface area contributed by atoms with Crippen molar-refractivity contribution in [3.63, 3.8) is 0 Å². The summed E-state index contributed by atoms with van der Waals surface area (Å²) in [4.78, 5) is 21.9. The number of benzene rings is 1. The first-order chi connectivity index (χ1) is 15.5. The second kappa shape index (κ2) is 10.8. The van der Waals surface area contributed by atoms with E-state index in [-0.39, 0.29) is 29.9 Å². The normalized spacial score (nSPS) is 14.9. The number of sulfonamides is 1. The van der Waals surface area contributed by atoms with Crippen LogP contribution in [-0.2, 0) is 31.7 Å². The molecule has 0 unspecified atom stereocenters. The van der Waals surface area contributed by atoms with Crippen molar-refractivity contribution < 1.29 is 36.5 Å². The number of nitrogens with zero attached hydrogens (tertiary/aromatic N) is 1. The molecule has 0 fully saturated rings. The third-order valence-corrected chi connectivity index (χ3v) is 4.39. The van der Waals surface area contributed by atoms with E-state index in [0.717, 1.165) is 12.0 Å². The summed E-state index contributed by atoms with van der Waals surface area (Å²) < 4.78 is 74.3. The fraction of sp³-hybridized carbons (Fsp3) is 0.444. The molecular formula is C18H27N3O6S. The number of hydrogen-bond acceptors (Lipinski definition) is 5. The molecule has 0 spiro atoms. The molecule has 0 amide bonds. The van der Waals surface area contributed by atoms with Gasteiger partial charge in [-0.2, -0.15) is 0 Å². The number of rotatable bonds is 9. The van der Waals surface area contributed by atoms with E-state index in [1.807, 2.05) is 23.7 Å². The van der Waals surface area contributed by atoms with Crippen LogP contribution in [-0.4, -0.2) is 68.1 Å². The Morgan fingerprint density at radius 3 is 2.39 bits per heavy atom. The average Bonchev–Trinajstić information content (AvgIpc) is 2.97. The predicted octanol–water partition coefficient (Wildman–Crippen LogP) is 1.26. The zero-order valence-corrected chi connectivity index (χ0v) is 16.6. The van der Waals surface area contributed by atoms with Crippen molar-refractivity contribution >= 4 is 32.9 Å². The Hall–Kier alpha value is -2.43. The second-order valence-corrected chi connectivity index (χ2v) is 7.54. The molecule has 4 N–H and O–H groups in total. The zero-order valence-electron chi connectivity index (χ0n) is 21.7. The highest BCUT2D eigenvalue weighted by Gasteiger charge is 2.11. The molecule has 0 aliphatic rings. The van der Waals surface area contributed by atoms with Crippen LogP contribution in [0.5, 0.6) is 0 Å². The van der Waals surface area contributed by atoms with Crippen LogP contribution in [0.25, 0.3) is 10.9 Å². The van der Waals surface area contributed by atoms with Gasteiger partial charge in [0.15, 0.2) is 1.41 Å². The molecular weight excluding hydrogens is 386 g/mol. The highest BCUT2D eigenvalue weighted by molar-refractivity contribution is 7.88. The maximum atomic E-state index is 12.1. The molecule has 156 valence electrons. The van der Waals surface area contributed by atoms with Gasteiger partial charge in [-0.25, -0.2) is 13.1 Å². The van der Waals surface area contributed by atoms with Crippen molar-refractivity contribution in [2.45, 2.75) is 25.0 Å². The Morgan fingerprint density at radius 2 is 1.89 bits per heavy atom. The Kier molecular flexibility index (Phi) is 5.97. The zero-order chi connectivity index (χ0) is 26.6. The molecule has 2 rings (SSSR count). The number of carbonyl (C=O) groups is 2. The molecule has 28 heavy (non-hydrogen) atoms. The van der Waals surface area contributed by atoms with Gasteiger partial charge in [0.05, 0.1) is 22.7 Å². The van der Waals surface area contributed by atoms with Crippen LogP contribution in [0.3, 0.4) is 0 Å². The summed E-state index contributed by atoms with van der Waals surface area (Å²) in [6.45, 7) is 0.554. The molecule has 0 saturated carbocycles. The van der Waals surface area contributed by atoms with Gasteiger partial charge in [0.1, 0.15) is 0 Å². The van der Waals surface area contributed by atoms with Crippen LogP contribution < -0.4 is 4.72 Å². The van der Waals surface area contributed by atoms with Gasteiger partial charge in [-0.15, -0.1) is 0 Å². The van der Waals surface area contributed by atoms with Gasteiger partial charge >= 0.3 is 11.9 Å². The van der Waals surface area contributed by atoms with E-state index in [0.29, 0.717) is 18.5 Å². The molecule has 1 heterocycles. The topological polar surface area (TPSA) is 140 Å². The van der Waals surface area contributed by atoms with Gasteiger partial charge < -0.3 is 20.1 Å². The van der Waals surface area contributed by atoms with Crippen LogP contribution in [0.2, 0.25) is 1.41 Å². The number of likely N-dealkylation sites (N-methyl/N-ethyl adjacent to an activating group) is 1. The molecule has 10 heteroatoms. The molecule has 1 aromatic heterocycles. The first-order valence-corrected chi connectivity index (χ1v) is 9.63. The lowest BCUT2D eigenvalue weighted by atomic mass is 10.1. The van der Waals surface area contributed by atoms with Crippen molar-refractivity contribution in [1.29, 1.82) is 0 Å². The number of aromatic amines is 1. The van der Waals surface area contributed by atoms with Gasteiger partial charge in [0.2, 0.25) is 10.0 Å². The number of aliphatic carboxylic acids is 2. The highest BCUT2D eigenvalue weighted by atomic mass is 32.2. The third kappa shape index (κ3) is 8.51. The Morgan fingerprint density at radius 1 is 1.29 bits per heavy atom.